The van der Waals surface area contributed by atoms with E-state index in [9.17, 15) is 9.59 Å². The minimum atomic E-state index is -1.18. The molecule has 1 aromatic carbocycles. The van der Waals surface area contributed by atoms with Gasteiger partial charge in [0.15, 0.2) is 6.61 Å². The molecule has 0 heterocycles. The molecule has 1 rings (SSSR count). The highest BCUT2D eigenvalue weighted by Gasteiger charge is 2.19. The molecule has 0 radical (unpaired) electrons. The maximum Gasteiger partial charge on any atom is 0.326 e. The number of hydrogen-bond donors (Lipinski definition) is 3. The van der Waals surface area contributed by atoms with Gasteiger partial charge < -0.3 is 20.3 Å². The van der Waals surface area contributed by atoms with Crippen LogP contribution in [0.25, 0.3) is 0 Å². The first-order valence-corrected chi connectivity index (χ1v) is 6.26. The van der Waals surface area contributed by atoms with Gasteiger partial charge in [0.25, 0.3) is 5.91 Å². The van der Waals surface area contributed by atoms with Gasteiger partial charge >= 0.3 is 5.97 Å². The number of hydrogen-bond acceptors (Lipinski definition) is 4. The summed E-state index contributed by atoms with van der Waals surface area (Å²) in [5.74, 6) is -1.16. The number of carbonyl (C=O) groups is 2. The molecule has 0 fully saturated rings. The molecule has 0 spiro atoms. The molecule has 0 aliphatic rings. The molecule has 0 aliphatic carbocycles. The summed E-state index contributed by atoms with van der Waals surface area (Å²) in [6, 6.07) is 4.47. The fraction of sp³-hybridized carbons (Fsp3) is 0.429. The van der Waals surface area contributed by atoms with Crippen LogP contribution in [0.15, 0.2) is 18.2 Å². The highest BCUT2D eigenvalue weighted by molar-refractivity contribution is 5.84. The fourth-order valence-electron chi connectivity index (χ4n) is 1.79. The van der Waals surface area contributed by atoms with Crippen LogP contribution in [-0.4, -0.2) is 41.3 Å². The van der Waals surface area contributed by atoms with Crippen molar-refractivity contribution in [1.29, 1.82) is 0 Å². The Morgan fingerprint density at radius 3 is 2.35 bits per heavy atom. The largest absolute Gasteiger partial charge is 0.484 e. The van der Waals surface area contributed by atoms with Crippen molar-refractivity contribution in [2.45, 2.75) is 26.3 Å². The molecule has 0 saturated carbocycles. The normalized spacial score (nSPS) is 11.8. The Labute approximate surface area is 117 Å². The first-order chi connectivity index (χ1) is 9.42. The lowest BCUT2D eigenvalue weighted by atomic mass is 10.1. The van der Waals surface area contributed by atoms with Crippen LogP contribution >= 0.6 is 0 Å². The lowest BCUT2D eigenvalue weighted by Gasteiger charge is -2.14. The Bertz CT molecular complexity index is 466. The monoisotopic (exact) mass is 281 g/mol. The Kier molecular flexibility index (Phi) is 5.99. The summed E-state index contributed by atoms with van der Waals surface area (Å²) in [6.07, 6.45) is -0.0371. The van der Waals surface area contributed by atoms with E-state index < -0.39 is 17.9 Å². The third kappa shape index (κ3) is 5.27. The van der Waals surface area contributed by atoms with Crippen molar-refractivity contribution in [1.82, 2.24) is 5.32 Å². The third-order valence-electron chi connectivity index (χ3n) is 2.62. The summed E-state index contributed by atoms with van der Waals surface area (Å²) in [5, 5.41) is 19.9. The highest BCUT2D eigenvalue weighted by Crippen LogP contribution is 2.15. The molecular weight excluding hydrogens is 262 g/mol. The molecule has 0 aliphatic heterocycles. The Balaban J connectivity index is 2.52. The van der Waals surface area contributed by atoms with Crippen molar-refractivity contribution in [2.24, 2.45) is 0 Å². The van der Waals surface area contributed by atoms with Gasteiger partial charge in [0.2, 0.25) is 0 Å². The van der Waals surface area contributed by atoms with E-state index in [-0.39, 0.29) is 19.6 Å². The van der Waals surface area contributed by atoms with E-state index in [2.05, 4.69) is 5.32 Å². The number of nitrogens with one attached hydrogen (secondary N) is 1. The molecule has 1 aromatic rings. The predicted octanol–water partition coefficient (Wildman–Crippen LogP) is 0.634. The molecule has 3 N–H and O–H groups in total. The van der Waals surface area contributed by atoms with Crippen molar-refractivity contribution in [3.05, 3.63) is 29.3 Å². The first-order valence-electron chi connectivity index (χ1n) is 6.26. The van der Waals surface area contributed by atoms with Crippen LogP contribution in [0.3, 0.4) is 0 Å². The SMILES string of the molecule is Cc1cc(C)cc(OCC(=O)NC(CCO)C(=O)O)c1. The molecule has 1 atom stereocenters. The van der Waals surface area contributed by atoms with Gasteiger partial charge in [-0.3, -0.25) is 4.79 Å². The zero-order valence-electron chi connectivity index (χ0n) is 11.5. The second kappa shape index (κ2) is 7.49. The van der Waals surface area contributed by atoms with Crippen LogP contribution in [0.5, 0.6) is 5.75 Å². The van der Waals surface area contributed by atoms with Crippen molar-refractivity contribution >= 4 is 11.9 Å². The number of aliphatic hydroxyl groups is 1. The van der Waals surface area contributed by atoms with Gasteiger partial charge in [-0.15, -0.1) is 0 Å². The second-order valence-corrected chi connectivity index (χ2v) is 4.58. The van der Waals surface area contributed by atoms with Gasteiger partial charge in [0.1, 0.15) is 11.8 Å². The van der Waals surface area contributed by atoms with Crippen LogP contribution in [0.4, 0.5) is 0 Å². The minimum absolute atomic E-state index is 0.0371. The number of ether oxygens (including phenoxy) is 1. The van der Waals surface area contributed by atoms with Crippen LogP contribution in [0.1, 0.15) is 17.5 Å². The molecular formula is C14H19NO5. The van der Waals surface area contributed by atoms with E-state index in [0.717, 1.165) is 11.1 Å². The number of rotatable bonds is 7. The van der Waals surface area contributed by atoms with Crippen LogP contribution in [0.2, 0.25) is 0 Å². The van der Waals surface area contributed by atoms with Crippen LogP contribution in [0, 0.1) is 13.8 Å². The van der Waals surface area contributed by atoms with Gasteiger partial charge in [-0.1, -0.05) is 6.07 Å². The second-order valence-electron chi connectivity index (χ2n) is 4.58. The Hall–Kier alpha value is -2.08. The van der Waals surface area contributed by atoms with Crippen molar-refractivity contribution in [3.63, 3.8) is 0 Å². The number of carbonyl (C=O) groups excluding carboxylic acids is 1. The number of carboxylic acids is 1. The van der Waals surface area contributed by atoms with Gasteiger partial charge in [0, 0.05) is 13.0 Å². The molecule has 0 bridgehead atoms. The van der Waals surface area contributed by atoms with Crippen molar-refractivity contribution < 1.29 is 24.5 Å². The first kappa shape index (κ1) is 16.0. The summed E-state index contributed by atoms with van der Waals surface area (Å²) >= 11 is 0. The number of aliphatic hydroxyl groups excluding tert-OH is 1. The molecule has 6 nitrogen and oxygen atoms in total. The summed E-state index contributed by atoms with van der Waals surface area (Å²) in [7, 11) is 0. The standard InChI is InChI=1S/C14H19NO5/c1-9-5-10(2)7-11(6-9)20-8-13(17)15-12(3-4-16)14(18)19/h5-7,12,16H,3-4,8H2,1-2H3,(H,15,17)(H,18,19). The maximum absolute atomic E-state index is 11.6. The lowest BCUT2D eigenvalue weighted by Crippen LogP contribution is -2.43. The van der Waals surface area contributed by atoms with E-state index in [1.807, 2.05) is 19.9 Å². The topological polar surface area (TPSA) is 95.9 Å². The zero-order valence-corrected chi connectivity index (χ0v) is 11.5. The van der Waals surface area contributed by atoms with E-state index in [1.54, 1.807) is 12.1 Å². The Morgan fingerprint density at radius 2 is 1.85 bits per heavy atom. The van der Waals surface area contributed by atoms with E-state index >= 15 is 0 Å². The van der Waals surface area contributed by atoms with Gasteiger partial charge in [0.05, 0.1) is 0 Å². The zero-order chi connectivity index (χ0) is 15.1. The smallest absolute Gasteiger partial charge is 0.326 e. The van der Waals surface area contributed by atoms with Crippen LogP contribution in [-0.2, 0) is 9.59 Å². The van der Waals surface area contributed by atoms with E-state index in [4.69, 9.17) is 14.9 Å². The molecule has 1 amide bonds. The molecule has 6 heteroatoms. The quantitative estimate of drug-likeness (QED) is 0.681. The molecule has 1 unspecified atom stereocenters. The summed E-state index contributed by atoms with van der Waals surface area (Å²) in [5.41, 5.74) is 2.04. The van der Waals surface area contributed by atoms with Gasteiger partial charge in [-0.05, 0) is 37.1 Å². The number of aliphatic carboxylic acids is 1. The molecule has 20 heavy (non-hydrogen) atoms. The molecule has 110 valence electrons. The van der Waals surface area contributed by atoms with E-state index in [1.165, 1.54) is 0 Å². The van der Waals surface area contributed by atoms with Crippen molar-refractivity contribution in [2.75, 3.05) is 13.2 Å². The van der Waals surface area contributed by atoms with E-state index in [0.29, 0.717) is 5.75 Å². The van der Waals surface area contributed by atoms with Crippen molar-refractivity contribution in [3.8, 4) is 5.75 Å². The summed E-state index contributed by atoms with van der Waals surface area (Å²) in [6.45, 7) is 3.26. The Morgan fingerprint density at radius 1 is 1.25 bits per heavy atom. The maximum atomic E-state index is 11.6. The summed E-state index contributed by atoms with van der Waals surface area (Å²) in [4.78, 5) is 22.4. The van der Waals surface area contributed by atoms with Gasteiger partial charge in [-0.25, -0.2) is 4.79 Å². The number of carboxylic acid groups (broad SMARTS) is 1. The highest BCUT2D eigenvalue weighted by atomic mass is 16.5. The number of amides is 1. The third-order valence-corrected chi connectivity index (χ3v) is 2.62. The number of aryl methyl sites for hydroxylation is 2. The molecule has 0 aromatic heterocycles. The lowest BCUT2D eigenvalue weighted by molar-refractivity contribution is -0.142. The van der Waals surface area contributed by atoms with Crippen LogP contribution < -0.4 is 10.1 Å². The average Bonchev–Trinajstić information content (AvgIpc) is 2.34. The number of benzene rings is 1. The predicted molar refractivity (Wildman–Crippen MR) is 72.7 cm³/mol. The fourth-order valence-corrected chi connectivity index (χ4v) is 1.79. The molecule has 0 saturated heterocycles. The average molecular weight is 281 g/mol. The minimum Gasteiger partial charge on any atom is -0.484 e. The summed E-state index contributed by atoms with van der Waals surface area (Å²) < 4.78 is 5.32. The van der Waals surface area contributed by atoms with Gasteiger partial charge in [-0.2, -0.15) is 0 Å².